The number of nitrogens with one attached hydrogen (secondary N) is 1. The Morgan fingerprint density at radius 1 is 1.11 bits per heavy atom. The summed E-state index contributed by atoms with van der Waals surface area (Å²) in [5.41, 5.74) is 1.20. The van der Waals surface area contributed by atoms with Crippen molar-refractivity contribution < 1.29 is 18.8 Å². The van der Waals surface area contributed by atoms with E-state index < -0.39 is 23.3 Å². The zero-order chi connectivity index (χ0) is 19.3. The van der Waals surface area contributed by atoms with E-state index in [1.807, 2.05) is 6.07 Å². The summed E-state index contributed by atoms with van der Waals surface area (Å²) in [7, 11) is 0. The van der Waals surface area contributed by atoms with Crippen LogP contribution in [0.25, 0.3) is 0 Å². The van der Waals surface area contributed by atoms with E-state index in [-0.39, 0.29) is 5.91 Å². The van der Waals surface area contributed by atoms with Crippen LogP contribution in [0.5, 0.6) is 0 Å². The number of nitrogens with zero attached hydrogens (tertiary/aromatic N) is 2. The van der Waals surface area contributed by atoms with Crippen molar-refractivity contribution in [3.63, 3.8) is 0 Å². The van der Waals surface area contributed by atoms with Crippen molar-refractivity contribution in [1.82, 2.24) is 5.32 Å². The van der Waals surface area contributed by atoms with Crippen LogP contribution < -0.4 is 15.1 Å². The third kappa shape index (κ3) is 2.50. The highest BCUT2D eigenvalue weighted by atomic mass is 19.1. The number of rotatable bonds is 2. The van der Waals surface area contributed by atoms with Crippen molar-refractivity contribution in [3.05, 3.63) is 59.4 Å². The van der Waals surface area contributed by atoms with Crippen LogP contribution in [0.1, 0.15) is 25.0 Å². The van der Waals surface area contributed by atoms with E-state index >= 15 is 0 Å². The van der Waals surface area contributed by atoms with Crippen molar-refractivity contribution >= 4 is 29.2 Å². The summed E-state index contributed by atoms with van der Waals surface area (Å²) < 4.78 is 13.3. The Morgan fingerprint density at radius 2 is 1.78 bits per heavy atom. The highest BCUT2D eigenvalue weighted by Gasteiger charge is 2.50. The third-order valence-electron chi connectivity index (χ3n) is 5.24. The highest BCUT2D eigenvalue weighted by Crippen LogP contribution is 2.39. The van der Waals surface area contributed by atoms with Gasteiger partial charge >= 0.3 is 6.03 Å². The second kappa shape index (κ2) is 5.90. The summed E-state index contributed by atoms with van der Waals surface area (Å²) >= 11 is 0. The lowest BCUT2D eigenvalue weighted by Crippen LogP contribution is -2.41. The summed E-state index contributed by atoms with van der Waals surface area (Å²) in [5, 5.41) is 2.72. The first-order valence-electron chi connectivity index (χ1n) is 8.65. The molecule has 2 aromatic carbocycles. The van der Waals surface area contributed by atoms with Crippen LogP contribution in [-0.4, -0.2) is 24.4 Å². The molecule has 138 valence electrons. The Labute approximate surface area is 155 Å². The number of imide groups is 1. The molecule has 7 heteroatoms. The predicted molar refractivity (Wildman–Crippen MR) is 97.9 cm³/mol. The number of carbonyl (C=O) groups is 3. The standard InChI is InChI=1S/C20H18FN3O3/c1-12(25)23-11-10-15-16(23)4-3-5-17(15)24-18(26)20(2,22-19(24)27)13-6-8-14(21)9-7-13/h3-9H,10-11H2,1-2H3,(H,22,27). The van der Waals surface area contributed by atoms with Gasteiger partial charge in [-0.1, -0.05) is 18.2 Å². The molecule has 1 N–H and O–H groups in total. The van der Waals surface area contributed by atoms with Gasteiger partial charge in [-0.2, -0.15) is 0 Å². The number of hydrogen-bond donors (Lipinski definition) is 1. The van der Waals surface area contributed by atoms with E-state index in [0.717, 1.165) is 16.2 Å². The fraction of sp³-hybridized carbons (Fsp3) is 0.250. The molecule has 1 atom stereocenters. The smallest absolute Gasteiger partial charge is 0.319 e. The van der Waals surface area contributed by atoms with E-state index in [9.17, 15) is 18.8 Å². The molecule has 0 aromatic heterocycles. The number of hydrogen-bond acceptors (Lipinski definition) is 3. The monoisotopic (exact) mass is 367 g/mol. The molecule has 4 rings (SSSR count). The normalized spacial score (nSPS) is 21.4. The van der Waals surface area contributed by atoms with Gasteiger partial charge < -0.3 is 10.2 Å². The molecule has 2 aliphatic rings. The quantitative estimate of drug-likeness (QED) is 0.830. The summed E-state index contributed by atoms with van der Waals surface area (Å²) in [6.45, 7) is 3.60. The van der Waals surface area contributed by atoms with Crippen molar-refractivity contribution in [1.29, 1.82) is 0 Å². The van der Waals surface area contributed by atoms with Gasteiger partial charge in [0.15, 0.2) is 0 Å². The van der Waals surface area contributed by atoms with E-state index in [0.29, 0.717) is 24.2 Å². The van der Waals surface area contributed by atoms with Gasteiger partial charge in [0.05, 0.1) is 5.69 Å². The van der Waals surface area contributed by atoms with Gasteiger partial charge in [-0.25, -0.2) is 14.1 Å². The highest BCUT2D eigenvalue weighted by molar-refractivity contribution is 6.24. The summed E-state index contributed by atoms with van der Waals surface area (Å²) in [4.78, 5) is 40.5. The first kappa shape index (κ1) is 17.2. The molecule has 6 nitrogen and oxygen atoms in total. The minimum absolute atomic E-state index is 0.0840. The zero-order valence-electron chi connectivity index (χ0n) is 15.0. The molecule has 1 unspecified atom stereocenters. The Kier molecular flexibility index (Phi) is 3.76. The molecular formula is C20H18FN3O3. The summed E-state index contributed by atoms with van der Waals surface area (Å²) in [5.74, 6) is -0.936. The van der Waals surface area contributed by atoms with E-state index in [2.05, 4.69) is 5.32 Å². The lowest BCUT2D eigenvalue weighted by Gasteiger charge is -2.23. The number of amides is 4. The van der Waals surface area contributed by atoms with Gasteiger partial charge in [-0.3, -0.25) is 9.59 Å². The molecule has 4 amide bonds. The van der Waals surface area contributed by atoms with Crippen LogP contribution in [0.15, 0.2) is 42.5 Å². The number of fused-ring (bicyclic) bond motifs is 1. The van der Waals surface area contributed by atoms with Crippen molar-refractivity contribution in [2.24, 2.45) is 0 Å². The van der Waals surface area contributed by atoms with E-state index in [4.69, 9.17) is 0 Å². The SMILES string of the molecule is CC(=O)N1CCc2c1cccc2N1C(=O)NC(C)(c2ccc(F)cc2)C1=O. The first-order chi connectivity index (χ1) is 12.8. The Balaban J connectivity index is 1.76. The molecule has 2 aliphatic heterocycles. The lowest BCUT2D eigenvalue weighted by molar-refractivity contribution is -0.121. The maximum Gasteiger partial charge on any atom is 0.329 e. The molecular weight excluding hydrogens is 349 g/mol. The number of urea groups is 1. The molecule has 0 aliphatic carbocycles. The topological polar surface area (TPSA) is 69.7 Å². The van der Waals surface area contributed by atoms with Crippen LogP contribution in [0.3, 0.4) is 0 Å². The van der Waals surface area contributed by atoms with Crippen molar-refractivity contribution in [2.45, 2.75) is 25.8 Å². The molecule has 2 heterocycles. The van der Waals surface area contributed by atoms with E-state index in [1.54, 1.807) is 24.0 Å². The van der Waals surface area contributed by atoms with Crippen LogP contribution in [-0.2, 0) is 21.5 Å². The zero-order valence-corrected chi connectivity index (χ0v) is 15.0. The number of halogens is 1. The van der Waals surface area contributed by atoms with E-state index in [1.165, 1.54) is 31.2 Å². The Bertz CT molecular complexity index is 973. The molecule has 0 radical (unpaired) electrons. The van der Waals surface area contributed by atoms with Crippen LogP contribution in [0.4, 0.5) is 20.6 Å². The summed E-state index contributed by atoms with van der Waals surface area (Å²) in [6.07, 6.45) is 0.565. The molecule has 0 spiro atoms. The van der Waals surface area contributed by atoms with Crippen LogP contribution in [0, 0.1) is 5.82 Å². The minimum Gasteiger partial charge on any atom is -0.319 e. The maximum absolute atomic E-state index is 13.3. The van der Waals surface area contributed by atoms with Gasteiger partial charge in [-0.15, -0.1) is 0 Å². The maximum atomic E-state index is 13.3. The van der Waals surface area contributed by atoms with Gasteiger partial charge in [-0.05, 0) is 43.2 Å². The molecule has 1 fully saturated rings. The first-order valence-corrected chi connectivity index (χ1v) is 8.65. The van der Waals surface area contributed by atoms with Crippen LogP contribution in [0.2, 0.25) is 0 Å². The van der Waals surface area contributed by atoms with Crippen molar-refractivity contribution in [2.75, 3.05) is 16.3 Å². The molecule has 0 saturated carbocycles. The minimum atomic E-state index is -1.29. The molecule has 1 saturated heterocycles. The largest absolute Gasteiger partial charge is 0.329 e. The summed E-state index contributed by atoms with van der Waals surface area (Å²) in [6, 6.07) is 10.2. The molecule has 2 aromatic rings. The Morgan fingerprint density at radius 3 is 2.44 bits per heavy atom. The average molecular weight is 367 g/mol. The second-order valence-corrected chi connectivity index (χ2v) is 6.90. The molecule has 0 bridgehead atoms. The van der Waals surface area contributed by atoms with Crippen LogP contribution >= 0.6 is 0 Å². The average Bonchev–Trinajstić information content (AvgIpc) is 3.16. The number of anilines is 2. The third-order valence-corrected chi connectivity index (χ3v) is 5.24. The molecule has 27 heavy (non-hydrogen) atoms. The van der Waals surface area contributed by atoms with Gasteiger partial charge in [0.2, 0.25) is 5.91 Å². The van der Waals surface area contributed by atoms with Gasteiger partial charge in [0.25, 0.3) is 5.91 Å². The second-order valence-electron chi connectivity index (χ2n) is 6.90. The van der Waals surface area contributed by atoms with Crippen molar-refractivity contribution in [3.8, 4) is 0 Å². The predicted octanol–water partition coefficient (Wildman–Crippen LogP) is 2.71. The Hall–Kier alpha value is -3.22. The fourth-order valence-corrected chi connectivity index (χ4v) is 3.79. The van der Waals surface area contributed by atoms with Gasteiger partial charge in [0.1, 0.15) is 11.4 Å². The number of carbonyl (C=O) groups excluding carboxylic acids is 3. The number of benzene rings is 2. The van der Waals surface area contributed by atoms with Gasteiger partial charge in [0, 0.05) is 24.7 Å². The lowest BCUT2D eigenvalue weighted by atomic mass is 9.92. The fourth-order valence-electron chi connectivity index (χ4n) is 3.79.